The SMILES string of the molecule is CCCC[C@]1(CC)CN(c2ccc(OC)cc2)c2cc(SC)c(OCC(=O)OC(C)(C)C)cc2S(=O)(=O)C1. The molecule has 0 saturated heterocycles. The lowest BCUT2D eigenvalue weighted by atomic mass is 9.81. The lowest BCUT2D eigenvalue weighted by molar-refractivity contribution is -0.157. The van der Waals surface area contributed by atoms with Crippen molar-refractivity contribution in [2.45, 2.75) is 75.7 Å². The molecule has 3 rings (SSSR count). The van der Waals surface area contributed by atoms with E-state index in [1.807, 2.05) is 36.6 Å². The molecule has 210 valence electrons. The molecule has 38 heavy (non-hydrogen) atoms. The van der Waals surface area contributed by atoms with Crippen LogP contribution in [0.4, 0.5) is 11.4 Å². The summed E-state index contributed by atoms with van der Waals surface area (Å²) in [4.78, 5) is 15.4. The number of anilines is 2. The zero-order valence-electron chi connectivity index (χ0n) is 23.6. The first kappa shape index (κ1) is 30.2. The van der Waals surface area contributed by atoms with Gasteiger partial charge in [0.25, 0.3) is 0 Å². The van der Waals surface area contributed by atoms with Crippen LogP contribution in [0.2, 0.25) is 0 Å². The molecular formula is C29H41NO6S2. The van der Waals surface area contributed by atoms with E-state index >= 15 is 0 Å². The molecule has 0 bridgehead atoms. The molecule has 2 aromatic rings. The van der Waals surface area contributed by atoms with E-state index < -0.39 is 26.8 Å². The van der Waals surface area contributed by atoms with Gasteiger partial charge in [0, 0.05) is 23.7 Å². The molecule has 0 aliphatic carbocycles. The van der Waals surface area contributed by atoms with Crippen molar-refractivity contribution >= 4 is 38.9 Å². The molecule has 0 fully saturated rings. The average Bonchev–Trinajstić information content (AvgIpc) is 2.96. The van der Waals surface area contributed by atoms with Crippen LogP contribution in [0.3, 0.4) is 0 Å². The molecule has 0 unspecified atom stereocenters. The van der Waals surface area contributed by atoms with Crippen molar-refractivity contribution in [3.05, 3.63) is 36.4 Å². The number of carbonyl (C=O) groups is 1. The van der Waals surface area contributed by atoms with Crippen LogP contribution >= 0.6 is 11.8 Å². The van der Waals surface area contributed by atoms with Crippen molar-refractivity contribution < 1.29 is 27.4 Å². The van der Waals surface area contributed by atoms with Crippen molar-refractivity contribution in [3.8, 4) is 11.5 Å². The van der Waals surface area contributed by atoms with E-state index in [2.05, 4.69) is 18.7 Å². The summed E-state index contributed by atoms with van der Waals surface area (Å²) in [5.74, 6) is 0.643. The molecule has 0 amide bonds. The van der Waals surface area contributed by atoms with Gasteiger partial charge in [0.2, 0.25) is 0 Å². The number of hydrogen-bond donors (Lipinski definition) is 0. The monoisotopic (exact) mass is 563 g/mol. The number of sulfone groups is 1. The smallest absolute Gasteiger partial charge is 0.344 e. The third-order valence-electron chi connectivity index (χ3n) is 6.82. The summed E-state index contributed by atoms with van der Waals surface area (Å²) in [6.07, 6.45) is 5.41. The molecule has 0 N–H and O–H groups in total. The first-order valence-corrected chi connectivity index (χ1v) is 16.0. The molecule has 0 aromatic heterocycles. The van der Waals surface area contributed by atoms with Crippen LogP contribution < -0.4 is 14.4 Å². The Morgan fingerprint density at radius 1 is 1.13 bits per heavy atom. The van der Waals surface area contributed by atoms with Crippen molar-refractivity contribution in [1.29, 1.82) is 0 Å². The van der Waals surface area contributed by atoms with Gasteiger partial charge in [-0.25, -0.2) is 13.2 Å². The Bertz CT molecular complexity index is 1220. The Morgan fingerprint density at radius 2 is 1.82 bits per heavy atom. The molecule has 7 nitrogen and oxygen atoms in total. The lowest BCUT2D eigenvalue weighted by Crippen LogP contribution is -2.37. The highest BCUT2D eigenvalue weighted by molar-refractivity contribution is 7.98. The summed E-state index contributed by atoms with van der Waals surface area (Å²) >= 11 is 1.44. The number of ether oxygens (including phenoxy) is 3. The molecule has 1 heterocycles. The number of benzene rings is 2. The Balaban J connectivity index is 2.14. The quantitative estimate of drug-likeness (QED) is 0.235. The van der Waals surface area contributed by atoms with Crippen LogP contribution in [0.25, 0.3) is 0 Å². The normalized spacial score (nSPS) is 18.9. The maximum atomic E-state index is 14.0. The number of unbranched alkanes of at least 4 members (excludes halogenated alkanes) is 1. The minimum Gasteiger partial charge on any atom is -0.497 e. The van der Waals surface area contributed by atoms with Gasteiger partial charge >= 0.3 is 5.97 Å². The molecule has 1 atom stereocenters. The van der Waals surface area contributed by atoms with Crippen molar-refractivity contribution in [1.82, 2.24) is 0 Å². The van der Waals surface area contributed by atoms with E-state index in [1.54, 1.807) is 33.9 Å². The van der Waals surface area contributed by atoms with Gasteiger partial charge < -0.3 is 19.1 Å². The summed E-state index contributed by atoms with van der Waals surface area (Å²) < 4.78 is 44.6. The fraction of sp³-hybridized carbons (Fsp3) is 0.552. The van der Waals surface area contributed by atoms with Gasteiger partial charge in [-0.05, 0) is 70.2 Å². The van der Waals surface area contributed by atoms with E-state index in [0.29, 0.717) is 18.0 Å². The number of fused-ring (bicyclic) bond motifs is 1. The highest BCUT2D eigenvalue weighted by Crippen LogP contribution is 2.47. The van der Waals surface area contributed by atoms with Gasteiger partial charge in [0.1, 0.15) is 17.1 Å². The van der Waals surface area contributed by atoms with Gasteiger partial charge in [0.15, 0.2) is 16.4 Å². The van der Waals surface area contributed by atoms with Crippen LogP contribution in [0.5, 0.6) is 11.5 Å². The molecule has 1 aliphatic rings. The summed E-state index contributed by atoms with van der Waals surface area (Å²) in [6.45, 7) is 9.85. The number of methoxy groups -OCH3 is 1. The first-order chi connectivity index (χ1) is 17.9. The van der Waals surface area contributed by atoms with E-state index in [1.165, 1.54) is 11.8 Å². The van der Waals surface area contributed by atoms with Gasteiger partial charge in [-0.2, -0.15) is 0 Å². The molecular weight excluding hydrogens is 522 g/mol. The number of thioether (sulfide) groups is 1. The number of hydrogen-bond acceptors (Lipinski definition) is 8. The zero-order valence-corrected chi connectivity index (χ0v) is 25.3. The molecule has 1 aliphatic heterocycles. The molecule has 0 spiro atoms. The first-order valence-electron chi connectivity index (χ1n) is 13.1. The van der Waals surface area contributed by atoms with Crippen LogP contribution in [-0.4, -0.2) is 52.3 Å². The van der Waals surface area contributed by atoms with Crippen molar-refractivity contribution in [2.24, 2.45) is 5.41 Å². The summed E-state index contributed by atoms with van der Waals surface area (Å²) in [7, 11) is -2.04. The van der Waals surface area contributed by atoms with Crippen LogP contribution in [0.15, 0.2) is 46.2 Å². The molecule has 2 aromatic carbocycles. The van der Waals surface area contributed by atoms with Gasteiger partial charge in [-0.3, -0.25) is 0 Å². The van der Waals surface area contributed by atoms with Gasteiger partial charge in [-0.1, -0.05) is 26.7 Å². The Morgan fingerprint density at radius 3 is 2.37 bits per heavy atom. The van der Waals surface area contributed by atoms with E-state index in [9.17, 15) is 13.2 Å². The van der Waals surface area contributed by atoms with Crippen LogP contribution in [-0.2, 0) is 19.4 Å². The van der Waals surface area contributed by atoms with Crippen LogP contribution in [0.1, 0.15) is 60.3 Å². The average molecular weight is 564 g/mol. The van der Waals surface area contributed by atoms with Crippen molar-refractivity contribution in [3.63, 3.8) is 0 Å². The molecule has 0 radical (unpaired) electrons. The van der Waals surface area contributed by atoms with Crippen LogP contribution in [0, 0.1) is 5.41 Å². The highest BCUT2D eigenvalue weighted by atomic mass is 32.2. The van der Waals surface area contributed by atoms with Crippen molar-refractivity contribution in [2.75, 3.05) is 37.2 Å². The zero-order chi connectivity index (χ0) is 28.1. The second-order valence-electron chi connectivity index (χ2n) is 10.8. The highest BCUT2D eigenvalue weighted by Gasteiger charge is 2.42. The summed E-state index contributed by atoms with van der Waals surface area (Å²) in [5.41, 5.74) is 0.467. The number of rotatable bonds is 10. The fourth-order valence-electron chi connectivity index (χ4n) is 4.80. The Hall–Kier alpha value is -2.39. The van der Waals surface area contributed by atoms with Gasteiger partial charge in [0.05, 0.1) is 28.3 Å². The Kier molecular flexibility index (Phi) is 9.68. The minimum atomic E-state index is -3.67. The predicted molar refractivity (Wildman–Crippen MR) is 154 cm³/mol. The summed E-state index contributed by atoms with van der Waals surface area (Å²) in [5, 5.41) is 0. The number of carbonyl (C=O) groups excluding carboxylic acids is 1. The lowest BCUT2D eigenvalue weighted by Gasteiger charge is -2.36. The van der Waals surface area contributed by atoms with Gasteiger partial charge in [-0.15, -0.1) is 11.8 Å². The number of nitrogens with zero attached hydrogens (tertiary/aromatic N) is 1. The fourth-order valence-corrected chi connectivity index (χ4v) is 7.53. The second-order valence-corrected chi connectivity index (χ2v) is 13.7. The third kappa shape index (κ3) is 7.17. The van der Waals surface area contributed by atoms with E-state index in [4.69, 9.17) is 14.2 Å². The minimum absolute atomic E-state index is 0.0558. The second kappa shape index (κ2) is 12.2. The number of esters is 1. The third-order valence-corrected chi connectivity index (χ3v) is 9.57. The van der Waals surface area contributed by atoms with E-state index in [-0.39, 0.29) is 17.3 Å². The summed E-state index contributed by atoms with van der Waals surface area (Å²) in [6, 6.07) is 11.2. The van der Waals surface area contributed by atoms with E-state index in [0.717, 1.165) is 42.0 Å². The Labute approximate surface area is 232 Å². The molecule has 0 saturated carbocycles. The maximum Gasteiger partial charge on any atom is 0.344 e. The topological polar surface area (TPSA) is 82.1 Å². The predicted octanol–water partition coefficient (Wildman–Crippen LogP) is 6.65. The standard InChI is InChI=1S/C29H41NO6S2/c1-8-10-15-29(9-2)19-30(21-11-13-22(34-6)14-12-21)23-16-25(37-7)24(17-26(23)38(32,33)20-29)35-18-27(31)36-28(3,4)5/h11-14,16-17H,8-10,15,18-20H2,1-7H3/t29-/m1/s1. The maximum absolute atomic E-state index is 14.0. The largest absolute Gasteiger partial charge is 0.497 e. The molecule has 9 heteroatoms.